The highest BCUT2D eigenvalue weighted by molar-refractivity contribution is 5.68. The van der Waals surface area contributed by atoms with Crippen LogP contribution in [0.5, 0.6) is 0 Å². The van der Waals surface area contributed by atoms with Crippen molar-refractivity contribution in [2.24, 2.45) is 17.6 Å². The number of carbonyl (C=O) groups is 1. The van der Waals surface area contributed by atoms with Gasteiger partial charge in [0.05, 0.1) is 6.42 Å². The van der Waals surface area contributed by atoms with E-state index in [0.29, 0.717) is 0 Å². The van der Waals surface area contributed by atoms with Crippen molar-refractivity contribution in [2.45, 2.75) is 39.7 Å². The van der Waals surface area contributed by atoms with Crippen LogP contribution in [-0.2, 0) is 4.79 Å². The Bertz CT molecular complexity index is 156. The second kappa shape index (κ2) is 3.90. The summed E-state index contributed by atoms with van der Waals surface area (Å²) in [5, 5.41) is 8.67. The van der Waals surface area contributed by atoms with E-state index in [1.165, 1.54) is 0 Å². The molecule has 0 aromatic heterocycles. The minimum Gasteiger partial charge on any atom is -0.481 e. The average molecular weight is 173 g/mol. The maximum absolute atomic E-state index is 10.5. The van der Waals surface area contributed by atoms with E-state index >= 15 is 0 Å². The van der Waals surface area contributed by atoms with Gasteiger partial charge in [0, 0.05) is 5.54 Å². The van der Waals surface area contributed by atoms with Crippen LogP contribution in [0.3, 0.4) is 0 Å². The highest BCUT2D eigenvalue weighted by Gasteiger charge is 2.34. The molecule has 0 aliphatic carbocycles. The van der Waals surface area contributed by atoms with Crippen LogP contribution >= 0.6 is 0 Å². The minimum atomic E-state index is -0.820. The molecule has 0 saturated heterocycles. The van der Waals surface area contributed by atoms with Gasteiger partial charge in [-0.2, -0.15) is 0 Å². The lowest BCUT2D eigenvalue weighted by atomic mass is 9.75. The zero-order valence-corrected chi connectivity index (χ0v) is 8.29. The van der Waals surface area contributed by atoms with Crippen molar-refractivity contribution in [3.05, 3.63) is 0 Å². The summed E-state index contributed by atoms with van der Waals surface area (Å²) in [5.41, 5.74) is 5.43. The summed E-state index contributed by atoms with van der Waals surface area (Å²) in [7, 11) is 0. The standard InChI is InChI=1S/C9H19NO2/c1-6(2)9(10,7(3)4)5-8(11)12/h6-7H,5,10H2,1-4H3,(H,11,12). The zero-order chi connectivity index (χ0) is 9.94. The highest BCUT2D eigenvalue weighted by Crippen LogP contribution is 2.26. The van der Waals surface area contributed by atoms with Crippen molar-refractivity contribution in [1.82, 2.24) is 0 Å². The molecule has 0 aliphatic rings. The smallest absolute Gasteiger partial charge is 0.305 e. The second-order valence-electron chi connectivity index (χ2n) is 3.99. The fourth-order valence-electron chi connectivity index (χ4n) is 1.34. The summed E-state index contributed by atoms with van der Waals surface area (Å²) in [6.07, 6.45) is 0.0440. The lowest BCUT2D eigenvalue weighted by molar-refractivity contribution is -0.139. The molecule has 3 heteroatoms. The molecule has 0 aromatic carbocycles. The summed E-state index contributed by atoms with van der Waals surface area (Å²) >= 11 is 0. The third-order valence-corrected chi connectivity index (χ3v) is 2.61. The van der Waals surface area contributed by atoms with Crippen LogP contribution in [-0.4, -0.2) is 16.6 Å². The van der Waals surface area contributed by atoms with E-state index in [-0.39, 0.29) is 18.3 Å². The summed E-state index contributed by atoms with van der Waals surface area (Å²) in [4.78, 5) is 10.5. The van der Waals surface area contributed by atoms with Crippen molar-refractivity contribution in [2.75, 3.05) is 0 Å². The largest absolute Gasteiger partial charge is 0.481 e. The van der Waals surface area contributed by atoms with Gasteiger partial charge in [0.15, 0.2) is 0 Å². The predicted octanol–water partition coefficient (Wildman–Crippen LogP) is 1.47. The Kier molecular flexibility index (Phi) is 3.71. The number of hydrogen-bond acceptors (Lipinski definition) is 2. The van der Waals surface area contributed by atoms with E-state index in [0.717, 1.165) is 0 Å². The third-order valence-electron chi connectivity index (χ3n) is 2.61. The van der Waals surface area contributed by atoms with E-state index in [9.17, 15) is 4.79 Å². The number of aliphatic carboxylic acids is 1. The predicted molar refractivity (Wildman–Crippen MR) is 48.8 cm³/mol. The molecule has 12 heavy (non-hydrogen) atoms. The van der Waals surface area contributed by atoms with Crippen LogP contribution in [0.25, 0.3) is 0 Å². The molecule has 0 spiro atoms. The molecule has 0 unspecified atom stereocenters. The van der Waals surface area contributed by atoms with Crippen molar-refractivity contribution >= 4 is 5.97 Å². The molecule has 0 amide bonds. The normalized spacial score (nSPS) is 12.6. The van der Waals surface area contributed by atoms with Crippen molar-refractivity contribution < 1.29 is 9.90 Å². The Balaban J connectivity index is 4.51. The quantitative estimate of drug-likeness (QED) is 0.676. The molecule has 0 heterocycles. The third kappa shape index (κ3) is 2.48. The lowest BCUT2D eigenvalue weighted by Gasteiger charge is -2.36. The molecule has 0 atom stereocenters. The first-order valence-corrected chi connectivity index (χ1v) is 4.31. The van der Waals surface area contributed by atoms with Gasteiger partial charge in [0.1, 0.15) is 0 Å². The molecule has 0 fully saturated rings. The Morgan fingerprint density at radius 1 is 1.33 bits per heavy atom. The first-order valence-electron chi connectivity index (χ1n) is 4.31. The molecule has 0 aliphatic heterocycles. The number of rotatable bonds is 4. The molecular weight excluding hydrogens is 154 g/mol. The fraction of sp³-hybridized carbons (Fsp3) is 0.889. The van der Waals surface area contributed by atoms with Gasteiger partial charge in [-0.1, -0.05) is 27.7 Å². The Labute approximate surface area is 74.0 Å². The van der Waals surface area contributed by atoms with Gasteiger partial charge in [-0.15, -0.1) is 0 Å². The molecule has 0 aromatic rings. The topological polar surface area (TPSA) is 63.3 Å². The van der Waals surface area contributed by atoms with E-state index in [4.69, 9.17) is 10.8 Å². The van der Waals surface area contributed by atoms with Gasteiger partial charge in [0.2, 0.25) is 0 Å². The van der Waals surface area contributed by atoms with Gasteiger partial charge in [-0.3, -0.25) is 4.79 Å². The van der Waals surface area contributed by atoms with Crippen LogP contribution in [0.15, 0.2) is 0 Å². The van der Waals surface area contributed by atoms with Crippen LogP contribution in [0.2, 0.25) is 0 Å². The summed E-state index contributed by atoms with van der Waals surface area (Å²) in [6.45, 7) is 7.84. The van der Waals surface area contributed by atoms with Crippen LogP contribution in [0, 0.1) is 11.8 Å². The van der Waals surface area contributed by atoms with Crippen LogP contribution in [0.1, 0.15) is 34.1 Å². The van der Waals surface area contributed by atoms with Crippen molar-refractivity contribution in [3.63, 3.8) is 0 Å². The first-order chi connectivity index (χ1) is 5.30. The Morgan fingerprint density at radius 3 is 1.75 bits per heavy atom. The van der Waals surface area contributed by atoms with E-state index in [1.54, 1.807) is 0 Å². The molecule has 3 N–H and O–H groups in total. The number of nitrogens with two attached hydrogens (primary N) is 1. The Hall–Kier alpha value is -0.570. The van der Waals surface area contributed by atoms with Crippen molar-refractivity contribution in [3.8, 4) is 0 Å². The first kappa shape index (κ1) is 11.4. The number of carboxylic acid groups (broad SMARTS) is 1. The molecule has 0 rings (SSSR count). The van der Waals surface area contributed by atoms with Crippen LogP contribution in [0.4, 0.5) is 0 Å². The Morgan fingerprint density at radius 2 is 1.67 bits per heavy atom. The van der Waals surface area contributed by atoms with Gasteiger partial charge in [-0.05, 0) is 11.8 Å². The van der Waals surface area contributed by atoms with E-state index < -0.39 is 11.5 Å². The van der Waals surface area contributed by atoms with Crippen molar-refractivity contribution in [1.29, 1.82) is 0 Å². The van der Waals surface area contributed by atoms with Gasteiger partial charge in [0.25, 0.3) is 0 Å². The zero-order valence-electron chi connectivity index (χ0n) is 8.29. The van der Waals surface area contributed by atoms with Gasteiger partial charge < -0.3 is 10.8 Å². The maximum Gasteiger partial charge on any atom is 0.305 e. The number of hydrogen-bond donors (Lipinski definition) is 2. The minimum absolute atomic E-state index is 0.0440. The van der Waals surface area contributed by atoms with E-state index in [1.807, 2.05) is 27.7 Å². The molecule has 0 radical (unpaired) electrons. The SMILES string of the molecule is CC(C)C(N)(CC(=O)O)C(C)C. The average Bonchev–Trinajstić information content (AvgIpc) is 1.84. The highest BCUT2D eigenvalue weighted by atomic mass is 16.4. The van der Waals surface area contributed by atoms with Gasteiger partial charge in [-0.25, -0.2) is 0 Å². The summed E-state index contributed by atoms with van der Waals surface area (Å²) < 4.78 is 0. The monoisotopic (exact) mass is 173 g/mol. The maximum atomic E-state index is 10.5. The van der Waals surface area contributed by atoms with Crippen LogP contribution < -0.4 is 5.73 Å². The van der Waals surface area contributed by atoms with E-state index in [2.05, 4.69) is 0 Å². The number of carboxylic acids is 1. The molecule has 72 valence electrons. The lowest BCUT2D eigenvalue weighted by Crippen LogP contribution is -2.51. The summed E-state index contributed by atoms with van der Waals surface area (Å²) in [5.74, 6) is -0.442. The molecule has 0 bridgehead atoms. The molecular formula is C9H19NO2. The fourth-order valence-corrected chi connectivity index (χ4v) is 1.34. The molecule has 3 nitrogen and oxygen atoms in total. The summed E-state index contributed by atoms with van der Waals surface area (Å²) in [6, 6.07) is 0. The van der Waals surface area contributed by atoms with Gasteiger partial charge >= 0.3 is 5.97 Å². The molecule has 0 saturated carbocycles. The second-order valence-corrected chi connectivity index (χ2v) is 3.99.